The number of carbonyl (C=O) groups is 1. The first-order valence-corrected chi connectivity index (χ1v) is 12.5. The molecule has 4 rings (SSSR count). The van der Waals surface area contributed by atoms with Crippen LogP contribution in [0, 0.1) is 5.92 Å². The van der Waals surface area contributed by atoms with Crippen LogP contribution in [0.5, 0.6) is 0 Å². The van der Waals surface area contributed by atoms with Crippen LogP contribution < -0.4 is 5.69 Å². The van der Waals surface area contributed by atoms with Gasteiger partial charge in [0.15, 0.2) is 0 Å². The summed E-state index contributed by atoms with van der Waals surface area (Å²) in [7, 11) is -3.63. The molecule has 1 aromatic carbocycles. The molecule has 3 heterocycles. The predicted molar refractivity (Wildman–Crippen MR) is 118 cm³/mol. The number of hydrogen-bond acceptors (Lipinski definition) is 5. The molecule has 0 aliphatic carbocycles. The molecule has 0 radical (unpaired) electrons. The van der Waals surface area contributed by atoms with Gasteiger partial charge >= 0.3 is 5.69 Å². The molecule has 0 bridgehead atoms. The monoisotopic (exact) mass is 446 g/mol. The highest BCUT2D eigenvalue weighted by molar-refractivity contribution is 7.89. The fourth-order valence-corrected chi connectivity index (χ4v) is 6.29. The number of fused-ring (bicyclic) bond motifs is 1. The van der Waals surface area contributed by atoms with Crippen molar-refractivity contribution < 1.29 is 13.2 Å². The fraction of sp³-hybridized carbons (Fsp3) is 0.591. The van der Waals surface area contributed by atoms with Crippen LogP contribution in [0.25, 0.3) is 10.9 Å². The summed E-state index contributed by atoms with van der Waals surface area (Å²) >= 11 is 0. The van der Waals surface area contributed by atoms with Crippen LogP contribution in [0.3, 0.4) is 0 Å². The molecule has 2 aromatic rings. The number of carbonyl (C=O) groups excluding carboxylic acids is 1. The van der Waals surface area contributed by atoms with E-state index >= 15 is 0 Å². The van der Waals surface area contributed by atoms with E-state index in [1.165, 1.54) is 16.8 Å². The van der Waals surface area contributed by atoms with Crippen molar-refractivity contribution in [1.29, 1.82) is 0 Å². The number of benzene rings is 1. The van der Waals surface area contributed by atoms with Gasteiger partial charge in [-0.15, -0.1) is 0 Å². The topological polar surface area (TPSA) is 92.6 Å². The van der Waals surface area contributed by atoms with E-state index in [0.717, 1.165) is 32.1 Å². The third-order valence-corrected chi connectivity index (χ3v) is 8.62. The van der Waals surface area contributed by atoms with Crippen molar-refractivity contribution in [1.82, 2.24) is 18.8 Å². The maximum Gasteiger partial charge on any atom is 0.348 e. The van der Waals surface area contributed by atoms with E-state index < -0.39 is 15.7 Å². The van der Waals surface area contributed by atoms with Gasteiger partial charge < -0.3 is 4.90 Å². The molecule has 0 N–H and O–H groups in total. The van der Waals surface area contributed by atoms with E-state index in [4.69, 9.17) is 0 Å². The molecule has 9 heteroatoms. The summed E-state index contributed by atoms with van der Waals surface area (Å²) in [6.07, 6.45) is 6.06. The average Bonchev–Trinajstić information content (AvgIpc) is 2.76. The predicted octanol–water partition coefficient (Wildman–Crippen LogP) is 2.22. The van der Waals surface area contributed by atoms with Gasteiger partial charge in [-0.05, 0) is 56.7 Å². The number of likely N-dealkylation sites (tertiary alicyclic amines) is 1. The molecular formula is C22H30N4O4S. The third kappa shape index (κ3) is 4.39. The molecular weight excluding hydrogens is 416 g/mol. The molecule has 1 amide bonds. The Bertz CT molecular complexity index is 1140. The second-order valence-electron chi connectivity index (χ2n) is 8.87. The van der Waals surface area contributed by atoms with Crippen LogP contribution in [0.15, 0.2) is 34.1 Å². The lowest BCUT2D eigenvalue weighted by atomic mass is 9.99. The van der Waals surface area contributed by atoms with Crippen molar-refractivity contribution >= 4 is 26.8 Å². The third-order valence-electron chi connectivity index (χ3n) is 6.61. The summed E-state index contributed by atoms with van der Waals surface area (Å²) in [6.45, 7) is 5.93. The van der Waals surface area contributed by atoms with Crippen LogP contribution in [0.2, 0.25) is 0 Å². The Balaban J connectivity index is 1.64. The normalized spacial score (nSPS) is 21.5. The number of rotatable bonds is 4. The van der Waals surface area contributed by atoms with Crippen LogP contribution in [0.4, 0.5) is 0 Å². The minimum atomic E-state index is -3.63. The first-order chi connectivity index (χ1) is 14.8. The van der Waals surface area contributed by atoms with Crippen molar-refractivity contribution in [2.24, 2.45) is 5.92 Å². The number of amides is 1. The number of sulfonamides is 1. The maximum absolute atomic E-state index is 13.2. The van der Waals surface area contributed by atoms with Gasteiger partial charge in [0, 0.05) is 37.3 Å². The number of hydrogen-bond donors (Lipinski definition) is 0. The summed E-state index contributed by atoms with van der Waals surface area (Å²) in [5.41, 5.74) is 0.0101. The van der Waals surface area contributed by atoms with Gasteiger partial charge in [0.2, 0.25) is 15.9 Å². The van der Waals surface area contributed by atoms with E-state index in [2.05, 4.69) is 11.9 Å². The highest BCUT2D eigenvalue weighted by atomic mass is 32.2. The van der Waals surface area contributed by atoms with Crippen molar-refractivity contribution in [3.8, 4) is 0 Å². The van der Waals surface area contributed by atoms with E-state index in [0.29, 0.717) is 36.5 Å². The second-order valence-corrected chi connectivity index (χ2v) is 10.8. The van der Waals surface area contributed by atoms with Crippen LogP contribution >= 0.6 is 0 Å². The molecule has 0 spiro atoms. The second kappa shape index (κ2) is 8.70. The summed E-state index contributed by atoms with van der Waals surface area (Å²) < 4.78 is 29.3. The van der Waals surface area contributed by atoms with Crippen LogP contribution in [-0.4, -0.2) is 58.8 Å². The lowest BCUT2D eigenvalue weighted by molar-refractivity contribution is -0.133. The Labute approximate surface area is 182 Å². The molecule has 2 aliphatic rings. The van der Waals surface area contributed by atoms with Crippen LogP contribution in [0.1, 0.15) is 46.0 Å². The van der Waals surface area contributed by atoms with E-state index in [1.54, 1.807) is 21.3 Å². The van der Waals surface area contributed by atoms with Gasteiger partial charge in [-0.2, -0.15) is 4.31 Å². The first kappa shape index (κ1) is 22.0. The Hall–Kier alpha value is -2.26. The van der Waals surface area contributed by atoms with E-state index in [-0.39, 0.29) is 23.4 Å². The van der Waals surface area contributed by atoms with Gasteiger partial charge in [-0.1, -0.05) is 13.3 Å². The van der Waals surface area contributed by atoms with E-state index in [9.17, 15) is 18.0 Å². The summed E-state index contributed by atoms with van der Waals surface area (Å²) in [5.74, 6) is 0.496. The van der Waals surface area contributed by atoms with Crippen molar-refractivity contribution in [3.63, 3.8) is 0 Å². The smallest absolute Gasteiger partial charge is 0.341 e. The Morgan fingerprint density at radius 1 is 1.10 bits per heavy atom. The quantitative estimate of drug-likeness (QED) is 0.718. The lowest BCUT2D eigenvalue weighted by Gasteiger charge is -2.32. The maximum atomic E-state index is 13.2. The molecule has 1 aromatic heterocycles. The van der Waals surface area contributed by atoms with Crippen molar-refractivity contribution in [2.45, 2.75) is 63.4 Å². The lowest BCUT2D eigenvalue weighted by Crippen LogP contribution is -2.42. The zero-order valence-electron chi connectivity index (χ0n) is 18.2. The Morgan fingerprint density at radius 2 is 1.84 bits per heavy atom. The molecule has 0 saturated carbocycles. The Morgan fingerprint density at radius 3 is 2.55 bits per heavy atom. The van der Waals surface area contributed by atoms with Crippen molar-refractivity contribution in [2.75, 3.05) is 19.6 Å². The molecule has 2 saturated heterocycles. The zero-order valence-corrected chi connectivity index (χ0v) is 19.0. The molecule has 2 aliphatic heterocycles. The average molecular weight is 447 g/mol. The summed E-state index contributed by atoms with van der Waals surface area (Å²) in [5, 5.41) is 0.533. The number of nitrogens with zero attached hydrogens (tertiary/aromatic N) is 4. The summed E-state index contributed by atoms with van der Waals surface area (Å²) in [6, 6.07) is 4.67. The largest absolute Gasteiger partial charge is 0.348 e. The SMILES string of the molecule is CC1CCN(C(=O)Cn2c(=O)ncc3cc(S(=O)(=O)N4CCCC[C@@H]4C)ccc32)CC1. The summed E-state index contributed by atoms with van der Waals surface area (Å²) in [4.78, 5) is 31.1. The van der Waals surface area contributed by atoms with Gasteiger partial charge in [-0.3, -0.25) is 9.36 Å². The number of piperidine rings is 2. The molecule has 31 heavy (non-hydrogen) atoms. The van der Waals surface area contributed by atoms with Gasteiger partial charge in [0.05, 0.1) is 10.4 Å². The van der Waals surface area contributed by atoms with Crippen molar-refractivity contribution in [3.05, 3.63) is 34.9 Å². The molecule has 168 valence electrons. The molecule has 8 nitrogen and oxygen atoms in total. The van der Waals surface area contributed by atoms with Gasteiger partial charge in [-0.25, -0.2) is 18.2 Å². The Kier molecular flexibility index (Phi) is 6.16. The first-order valence-electron chi connectivity index (χ1n) is 11.1. The minimum absolute atomic E-state index is 0.0357. The molecule has 1 atom stereocenters. The minimum Gasteiger partial charge on any atom is -0.341 e. The van der Waals surface area contributed by atoms with Crippen LogP contribution in [-0.2, 0) is 21.4 Å². The van der Waals surface area contributed by atoms with E-state index in [1.807, 2.05) is 6.92 Å². The molecule has 0 unspecified atom stereocenters. The van der Waals surface area contributed by atoms with Gasteiger partial charge in [0.25, 0.3) is 0 Å². The molecule has 2 fully saturated rings. The standard InChI is InChI=1S/C22H30N4O4S/c1-16-8-11-24(12-9-16)21(27)15-25-20-7-6-19(13-18(20)14-23-22(25)28)31(29,30)26-10-4-3-5-17(26)2/h6-7,13-14,16-17H,3-5,8-12,15H2,1-2H3/t17-/m0/s1. The van der Waals surface area contributed by atoms with Gasteiger partial charge in [0.1, 0.15) is 6.54 Å². The fourth-order valence-electron chi connectivity index (χ4n) is 4.55. The highest BCUT2D eigenvalue weighted by Crippen LogP contribution is 2.27. The highest BCUT2D eigenvalue weighted by Gasteiger charge is 2.31. The number of aromatic nitrogens is 2. The zero-order chi connectivity index (χ0) is 22.2.